The van der Waals surface area contributed by atoms with E-state index >= 15 is 0 Å². The molecule has 0 saturated carbocycles. The second-order valence-corrected chi connectivity index (χ2v) is 9.38. The molecule has 1 unspecified atom stereocenters. The Labute approximate surface area is 216 Å². The molecule has 0 spiro atoms. The minimum Gasteiger partial charge on any atom is -0.489 e. The van der Waals surface area contributed by atoms with Gasteiger partial charge in [0.15, 0.2) is 0 Å². The van der Waals surface area contributed by atoms with Crippen LogP contribution >= 0.6 is 22.9 Å². The minimum absolute atomic E-state index is 0.0427. The van der Waals surface area contributed by atoms with E-state index in [1.165, 1.54) is 11.3 Å². The number of nitrogens with two attached hydrogens (primary N) is 1. The SMILES string of the molecule is N#CC1=C(N)Oc2cc(OC(=O)c3ccc(OCc4ccc(Cl)cc4)cc3)ccc2C1c1cccs1. The van der Waals surface area contributed by atoms with Crippen LogP contribution in [0.3, 0.4) is 0 Å². The van der Waals surface area contributed by atoms with Gasteiger partial charge in [0, 0.05) is 21.5 Å². The van der Waals surface area contributed by atoms with Gasteiger partial charge in [-0.25, -0.2) is 4.79 Å². The van der Waals surface area contributed by atoms with Gasteiger partial charge in [0.05, 0.1) is 11.5 Å². The highest BCUT2D eigenvalue weighted by atomic mass is 35.5. The summed E-state index contributed by atoms with van der Waals surface area (Å²) in [5.41, 5.74) is 8.53. The zero-order valence-electron chi connectivity index (χ0n) is 18.8. The Kier molecular flexibility index (Phi) is 6.63. The van der Waals surface area contributed by atoms with Gasteiger partial charge in [-0.15, -0.1) is 11.3 Å². The highest BCUT2D eigenvalue weighted by Crippen LogP contribution is 2.44. The van der Waals surface area contributed by atoms with Crippen molar-refractivity contribution < 1.29 is 19.0 Å². The van der Waals surface area contributed by atoms with Crippen molar-refractivity contribution in [1.29, 1.82) is 5.26 Å². The molecule has 1 aliphatic rings. The molecular formula is C28H19ClN2O4S. The summed E-state index contributed by atoms with van der Waals surface area (Å²) in [6, 6.07) is 25.2. The molecule has 0 saturated heterocycles. The van der Waals surface area contributed by atoms with Crippen LogP contribution in [0.2, 0.25) is 5.02 Å². The molecule has 1 atom stereocenters. The van der Waals surface area contributed by atoms with Crippen LogP contribution in [0.25, 0.3) is 0 Å². The van der Waals surface area contributed by atoms with Gasteiger partial charge in [0.25, 0.3) is 0 Å². The second kappa shape index (κ2) is 10.2. The van der Waals surface area contributed by atoms with Crippen LogP contribution in [0.1, 0.15) is 32.3 Å². The molecule has 0 fully saturated rings. The number of allylic oxidation sites excluding steroid dienone is 1. The predicted molar refractivity (Wildman–Crippen MR) is 137 cm³/mol. The maximum Gasteiger partial charge on any atom is 0.343 e. The minimum atomic E-state index is -0.522. The van der Waals surface area contributed by atoms with E-state index in [1.807, 2.05) is 29.6 Å². The first-order valence-electron chi connectivity index (χ1n) is 11.0. The van der Waals surface area contributed by atoms with Gasteiger partial charge >= 0.3 is 5.97 Å². The molecule has 1 aliphatic heterocycles. The molecule has 178 valence electrons. The van der Waals surface area contributed by atoms with Crippen LogP contribution in [0.5, 0.6) is 17.2 Å². The van der Waals surface area contributed by atoms with E-state index in [0.29, 0.717) is 40.0 Å². The van der Waals surface area contributed by atoms with Crippen molar-refractivity contribution in [3.05, 3.63) is 122 Å². The Morgan fingerprint density at radius 1 is 1.06 bits per heavy atom. The number of halogens is 1. The monoisotopic (exact) mass is 514 g/mol. The molecule has 0 amide bonds. The van der Waals surface area contributed by atoms with Gasteiger partial charge in [0.1, 0.15) is 35.5 Å². The molecule has 36 heavy (non-hydrogen) atoms. The summed E-state index contributed by atoms with van der Waals surface area (Å²) < 4.78 is 17.0. The van der Waals surface area contributed by atoms with Gasteiger partial charge in [-0.2, -0.15) is 5.26 Å². The summed E-state index contributed by atoms with van der Waals surface area (Å²) in [7, 11) is 0. The Hall–Kier alpha value is -4.25. The molecule has 2 heterocycles. The average Bonchev–Trinajstić information content (AvgIpc) is 3.42. The van der Waals surface area contributed by atoms with E-state index in [-0.39, 0.29) is 11.8 Å². The summed E-state index contributed by atoms with van der Waals surface area (Å²) in [6.45, 7) is 0.383. The zero-order chi connectivity index (χ0) is 25.1. The third-order valence-corrected chi connectivity index (χ3v) is 6.83. The van der Waals surface area contributed by atoms with Gasteiger partial charge < -0.3 is 19.9 Å². The Bertz CT molecular complexity index is 1470. The molecule has 3 aromatic carbocycles. The number of hydrogen-bond donors (Lipinski definition) is 1. The van der Waals surface area contributed by atoms with Crippen LogP contribution < -0.4 is 19.9 Å². The van der Waals surface area contributed by atoms with Gasteiger partial charge in [-0.1, -0.05) is 35.9 Å². The van der Waals surface area contributed by atoms with E-state index in [2.05, 4.69) is 6.07 Å². The first kappa shape index (κ1) is 23.5. The first-order valence-corrected chi connectivity index (χ1v) is 12.2. The van der Waals surface area contributed by atoms with Crippen molar-refractivity contribution in [3.63, 3.8) is 0 Å². The lowest BCUT2D eigenvalue weighted by atomic mass is 9.88. The highest BCUT2D eigenvalue weighted by Gasteiger charge is 2.31. The fraction of sp³-hybridized carbons (Fsp3) is 0.0714. The van der Waals surface area contributed by atoms with Crippen molar-refractivity contribution >= 4 is 28.9 Å². The molecule has 0 bridgehead atoms. The number of benzene rings is 3. The number of hydrogen-bond acceptors (Lipinski definition) is 7. The number of rotatable bonds is 6. The second-order valence-electron chi connectivity index (χ2n) is 7.97. The molecule has 4 aromatic rings. The third-order valence-electron chi connectivity index (χ3n) is 5.64. The van der Waals surface area contributed by atoms with Crippen LogP contribution in [-0.2, 0) is 6.61 Å². The third kappa shape index (κ3) is 4.91. The van der Waals surface area contributed by atoms with Crippen molar-refractivity contribution in [3.8, 4) is 23.3 Å². The van der Waals surface area contributed by atoms with Crippen molar-refractivity contribution in [2.45, 2.75) is 12.5 Å². The lowest BCUT2D eigenvalue weighted by molar-refractivity contribution is 0.0734. The highest BCUT2D eigenvalue weighted by molar-refractivity contribution is 7.10. The Balaban J connectivity index is 1.28. The molecular weight excluding hydrogens is 496 g/mol. The Morgan fingerprint density at radius 3 is 2.50 bits per heavy atom. The maximum atomic E-state index is 12.7. The van der Waals surface area contributed by atoms with E-state index in [4.69, 9.17) is 31.5 Å². The molecule has 1 aromatic heterocycles. The molecule has 0 radical (unpaired) electrons. The molecule has 8 heteroatoms. The molecule has 6 nitrogen and oxygen atoms in total. The molecule has 0 aliphatic carbocycles. The summed E-state index contributed by atoms with van der Waals surface area (Å²) in [5.74, 6) is 0.566. The van der Waals surface area contributed by atoms with Crippen molar-refractivity contribution in [1.82, 2.24) is 0 Å². The predicted octanol–water partition coefficient (Wildman–Crippen LogP) is 6.42. The van der Waals surface area contributed by atoms with Crippen LogP contribution in [0, 0.1) is 11.3 Å². The topological polar surface area (TPSA) is 94.6 Å². The quantitative estimate of drug-likeness (QED) is 0.236. The number of esters is 1. The Morgan fingerprint density at radius 2 is 1.81 bits per heavy atom. The van der Waals surface area contributed by atoms with E-state index in [0.717, 1.165) is 16.0 Å². The number of ether oxygens (including phenoxy) is 3. The van der Waals surface area contributed by atoms with E-state index in [1.54, 1.807) is 54.6 Å². The summed E-state index contributed by atoms with van der Waals surface area (Å²) in [4.78, 5) is 13.7. The standard InChI is InChI=1S/C28H19ClN2O4S/c29-19-7-3-17(4-8-19)16-33-20-9-5-18(6-10-20)28(32)34-21-11-12-22-24(14-21)35-27(31)23(15-30)26(22)25-2-1-13-36-25/h1-14,26H,16,31H2. The van der Waals surface area contributed by atoms with Crippen LogP contribution in [0.15, 0.2) is 95.7 Å². The zero-order valence-corrected chi connectivity index (χ0v) is 20.4. The van der Waals surface area contributed by atoms with Crippen molar-refractivity contribution in [2.75, 3.05) is 0 Å². The van der Waals surface area contributed by atoms with Crippen molar-refractivity contribution in [2.24, 2.45) is 5.73 Å². The average molecular weight is 515 g/mol. The number of thiophene rings is 1. The fourth-order valence-corrected chi connectivity index (χ4v) is 4.83. The molecule has 2 N–H and O–H groups in total. The number of fused-ring (bicyclic) bond motifs is 1. The number of nitriles is 1. The summed E-state index contributed by atoms with van der Waals surface area (Å²) >= 11 is 7.44. The smallest absolute Gasteiger partial charge is 0.343 e. The summed E-state index contributed by atoms with van der Waals surface area (Å²) in [6.07, 6.45) is 0. The summed E-state index contributed by atoms with van der Waals surface area (Å²) in [5, 5.41) is 12.2. The lowest BCUT2D eigenvalue weighted by Gasteiger charge is -2.25. The first-order chi connectivity index (χ1) is 17.5. The maximum absolute atomic E-state index is 12.7. The van der Waals surface area contributed by atoms with Crippen LogP contribution in [-0.4, -0.2) is 5.97 Å². The molecule has 5 rings (SSSR count). The number of carbonyl (C=O) groups excluding carboxylic acids is 1. The van der Waals surface area contributed by atoms with E-state index < -0.39 is 5.97 Å². The van der Waals surface area contributed by atoms with Crippen LogP contribution in [0.4, 0.5) is 0 Å². The number of nitrogens with zero attached hydrogens (tertiary/aromatic N) is 1. The fourth-order valence-electron chi connectivity index (χ4n) is 3.85. The van der Waals surface area contributed by atoms with Gasteiger partial charge in [-0.05, 0) is 59.5 Å². The normalized spacial score (nSPS) is 14.4. The van der Waals surface area contributed by atoms with Gasteiger partial charge in [0.2, 0.25) is 5.88 Å². The largest absolute Gasteiger partial charge is 0.489 e. The number of carbonyl (C=O) groups is 1. The lowest BCUT2D eigenvalue weighted by Crippen LogP contribution is -2.20. The van der Waals surface area contributed by atoms with Gasteiger partial charge in [-0.3, -0.25) is 0 Å². The van der Waals surface area contributed by atoms with E-state index in [9.17, 15) is 10.1 Å².